The van der Waals surface area contributed by atoms with Crippen molar-refractivity contribution in [3.8, 4) is 0 Å². The molecule has 0 atom stereocenters. The number of hydrogen-bond donors (Lipinski definition) is 2. The minimum atomic E-state index is -0.295. The number of carbonyl (C=O) groups is 2. The van der Waals surface area contributed by atoms with Crippen molar-refractivity contribution in [1.82, 2.24) is 15.2 Å². The van der Waals surface area contributed by atoms with Gasteiger partial charge in [0, 0.05) is 39.8 Å². The number of pyridine rings is 1. The van der Waals surface area contributed by atoms with Gasteiger partial charge in [0.1, 0.15) is 12.4 Å². The molecule has 0 aliphatic carbocycles. The summed E-state index contributed by atoms with van der Waals surface area (Å²) in [6.45, 7) is 6.99. The zero-order valence-electron chi connectivity index (χ0n) is 14.5. The molecule has 25 heavy (non-hydrogen) atoms. The van der Waals surface area contributed by atoms with Crippen LogP contribution in [-0.4, -0.2) is 68.3 Å². The number of carbonyl (C=O) groups excluding carboxylic acids is 2. The van der Waals surface area contributed by atoms with Gasteiger partial charge in [-0.25, -0.2) is 9.78 Å². The fourth-order valence-corrected chi connectivity index (χ4v) is 2.60. The Morgan fingerprint density at radius 3 is 2.84 bits per heavy atom. The maximum absolute atomic E-state index is 11.9. The van der Waals surface area contributed by atoms with Crippen molar-refractivity contribution in [3.05, 3.63) is 31.0 Å². The summed E-state index contributed by atoms with van der Waals surface area (Å²) < 4.78 is 4.92. The zero-order valence-corrected chi connectivity index (χ0v) is 14.5. The molecule has 0 bridgehead atoms. The number of ether oxygens (including phenoxy) is 1. The lowest BCUT2D eigenvalue weighted by Crippen LogP contribution is -2.37. The SMILES string of the molecule is C=CCNC(=O)Nc1ccc(N2CCCN(C(=O)COC)CC2)nc1. The summed E-state index contributed by atoms with van der Waals surface area (Å²) >= 11 is 0. The third kappa shape index (κ3) is 5.75. The quantitative estimate of drug-likeness (QED) is 0.752. The third-order valence-electron chi connectivity index (χ3n) is 3.85. The van der Waals surface area contributed by atoms with Crippen LogP contribution in [0.1, 0.15) is 6.42 Å². The average Bonchev–Trinajstić information content (AvgIpc) is 2.87. The highest BCUT2D eigenvalue weighted by Crippen LogP contribution is 2.16. The number of amides is 3. The number of aromatic nitrogens is 1. The number of hydrogen-bond acceptors (Lipinski definition) is 5. The molecular formula is C17H25N5O3. The summed E-state index contributed by atoms with van der Waals surface area (Å²) in [7, 11) is 1.53. The fourth-order valence-electron chi connectivity index (χ4n) is 2.60. The maximum atomic E-state index is 11.9. The van der Waals surface area contributed by atoms with Gasteiger partial charge in [-0.15, -0.1) is 6.58 Å². The van der Waals surface area contributed by atoms with Crippen LogP contribution in [0.25, 0.3) is 0 Å². The van der Waals surface area contributed by atoms with Gasteiger partial charge in [-0.2, -0.15) is 0 Å². The van der Waals surface area contributed by atoms with Gasteiger partial charge in [0.2, 0.25) is 5.91 Å². The van der Waals surface area contributed by atoms with Crippen molar-refractivity contribution in [2.24, 2.45) is 0 Å². The molecule has 0 saturated carbocycles. The standard InChI is InChI=1S/C17H25N5O3/c1-3-7-18-17(24)20-14-5-6-15(19-12-14)21-8-4-9-22(11-10-21)16(23)13-25-2/h3,5-6,12H,1,4,7-11,13H2,2H3,(H2,18,20,24). The van der Waals surface area contributed by atoms with Crippen molar-refractivity contribution in [2.75, 3.05) is 56.7 Å². The van der Waals surface area contributed by atoms with Crippen LogP contribution in [0.3, 0.4) is 0 Å². The molecule has 8 nitrogen and oxygen atoms in total. The van der Waals surface area contributed by atoms with Gasteiger partial charge in [-0.1, -0.05) is 6.08 Å². The monoisotopic (exact) mass is 347 g/mol. The lowest BCUT2D eigenvalue weighted by molar-refractivity contribution is -0.134. The Labute approximate surface area is 147 Å². The van der Waals surface area contributed by atoms with Crippen LogP contribution in [0.15, 0.2) is 31.0 Å². The van der Waals surface area contributed by atoms with Gasteiger partial charge in [0.25, 0.3) is 0 Å². The van der Waals surface area contributed by atoms with Crippen LogP contribution in [0.4, 0.5) is 16.3 Å². The van der Waals surface area contributed by atoms with E-state index in [2.05, 4.69) is 27.1 Å². The van der Waals surface area contributed by atoms with Gasteiger partial charge in [-0.05, 0) is 18.6 Å². The molecule has 1 aliphatic heterocycles. The first-order valence-corrected chi connectivity index (χ1v) is 8.27. The smallest absolute Gasteiger partial charge is 0.319 e. The van der Waals surface area contributed by atoms with Gasteiger partial charge in [0.15, 0.2) is 0 Å². The van der Waals surface area contributed by atoms with E-state index in [0.717, 1.165) is 31.9 Å². The van der Waals surface area contributed by atoms with Crippen LogP contribution in [-0.2, 0) is 9.53 Å². The Balaban J connectivity index is 1.90. The van der Waals surface area contributed by atoms with Gasteiger partial charge in [0.05, 0.1) is 11.9 Å². The van der Waals surface area contributed by atoms with E-state index in [1.807, 2.05) is 17.0 Å². The molecule has 0 aromatic carbocycles. The van der Waals surface area contributed by atoms with E-state index in [9.17, 15) is 9.59 Å². The molecule has 136 valence electrons. The molecule has 8 heteroatoms. The summed E-state index contributed by atoms with van der Waals surface area (Å²) in [6.07, 6.45) is 4.11. The highest BCUT2D eigenvalue weighted by Gasteiger charge is 2.19. The van der Waals surface area contributed by atoms with E-state index in [0.29, 0.717) is 18.8 Å². The van der Waals surface area contributed by atoms with E-state index in [1.165, 1.54) is 7.11 Å². The van der Waals surface area contributed by atoms with Crippen LogP contribution < -0.4 is 15.5 Å². The van der Waals surface area contributed by atoms with Crippen LogP contribution >= 0.6 is 0 Å². The van der Waals surface area contributed by atoms with Gasteiger partial charge in [-0.3, -0.25) is 4.79 Å². The molecular weight excluding hydrogens is 322 g/mol. The van der Waals surface area contributed by atoms with Crippen molar-refractivity contribution in [1.29, 1.82) is 0 Å². The Hall–Kier alpha value is -2.61. The Kier molecular flexibility index (Phi) is 7.21. The van der Waals surface area contributed by atoms with E-state index in [4.69, 9.17) is 4.74 Å². The fraction of sp³-hybridized carbons (Fsp3) is 0.471. The molecule has 1 aromatic heterocycles. The third-order valence-corrected chi connectivity index (χ3v) is 3.85. The molecule has 1 aliphatic rings. The van der Waals surface area contributed by atoms with Crippen molar-refractivity contribution in [3.63, 3.8) is 0 Å². The average molecular weight is 347 g/mol. The summed E-state index contributed by atoms with van der Waals surface area (Å²) in [5.74, 6) is 0.848. The van der Waals surface area contributed by atoms with Crippen LogP contribution in [0.2, 0.25) is 0 Å². The predicted molar refractivity (Wildman–Crippen MR) is 96.7 cm³/mol. The normalized spacial score (nSPS) is 14.6. The lowest BCUT2D eigenvalue weighted by Gasteiger charge is -2.23. The van der Waals surface area contributed by atoms with Crippen molar-refractivity contribution < 1.29 is 14.3 Å². The Morgan fingerprint density at radius 1 is 1.32 bits per heavy atom. The second-order valence-corrected chi connectivity index (χ2v) is 5.68. The first-order valence-electron chi connectivity index (χ1n) is 8.27. The van der Waals surface area contributed by atoms with Crippen molar-refractivity contribution >= 4 is 23.4 Å². The van der Waals surface area contributed by atoms with Gasteiger partial charge < -0.3 is 25.2 Å². The zero-order chi connectivity index (χ0) is 18.1. The van der Waals surface area contributed by atoms with E-state index >= 15 is 0 Å². The second kappa shape index (κ2) is 9.63. The van der Waals surface area contributed by atoms with Crippen molar-refractivity contribution in [2.45, 2.75) is 6.42 Å². The predicted octanol–water partition coefficient (Wildman–Crippen LogP) is 1.07. The summed E-state index contributed by atoms with van der Waals surface area (Å²) in [5.41, 5.74) is 0.622. The molecule has 1 fully saturated rings. The molecule has 0 radical (unpaired) electrons. The Morgan fingerprint density at radius 2 is 2.16 bits per heavy atom. The summed E-state index contributed by atoms with van der Waals surface area (Å²) in [5, 5.41) is 5.35. The first kappa shape index (κ1) is 18.7. The number of nitrogens with one attached hydrogen (secondary N) is 2. The topological polar surface area (TPSA) is 86.8 Å². The minimum Gasteiger partial charge on any atom is -0.375 e. The van der Waals surface area contributed by atoms with Crippen LogP contribution in [0, 0.1) is 0 Å². The van der Waals surface area contributed by atoms with E-state index < -0.39 is 0 Å². The molecule has 1 saturated heterocycles. The number of anilines is 2. The molecule has 1 aromatic rings. The number of urea groups is 1. The first-order chi connectivity index (χ1) is 12.1. The van der Waals surface area contributed by atoms with Crippen LogP contribution in [0.5, 0.6) is 0 Å². The lowest BCUT2D eigenvalue weighted by atomic mass is 10.3. The molecule has 2 rings (SSSR count). The molecule has 2 N–H and O–H groups in total. The second-order valence-electron chi connectivity index (χ2n) is 5.68. The molecule has 0 spiro atoms. The largest absolute Gasteiger partial charge is 0.375 e. The summed E-state index contributed by atoms with van der Waals surface area (Å²) in [4.78, 5) is 31.9. The van der Waals surface area contributed by atoms with E-state index in [1.54, 1.807) is 12.3 Å². The Bertz CT molecular complexity index is 590. The maximum Gasteiger partial charge on any atom is 0.319 e. The highest BCUT2D eigenvalue weighted by atomic mass is 16.5. The van der Waals surface area contributed by atoms with E-state index in [-0.39, 0.29) is 18.5 Å². The number of nitrogens with zero attached hydrogens (tertiary/aromatic N) is 3. The number of methoxy groups -OCH3 is 1. The number of rotatable bonds is 6. The minimum absolute atomic E-state index is 0.0161. The molecule has 3 amide bonds. The molecule has 0 unspecified atom stereocenters. The summed E-state index contributed by atoms with van der Waals surface area (Å²) in [6, 6.07) is 3.39. The van der Waals surface area contributed by atoms with Gasteiger partial charge >= 0.3 is 6.03 Å². The highest BCUT2D eigenvalue weighted by molar-refractivity contribution is 5.89. The molecule has 2 heterocycles.